The molecule has 0 fully saturated rings. The fourth-order valence-corrected chi connectivity index (χ4v) is 1.30. The Bertz CT molecular complexity index is 522. The van der Waals surface area contributed by atoms with Crippen LogP contribution < -0.4 is 5.32 Å². The summed E-state index contributed by atoms with van der Waals surface area (Å²) in [6, 6.07) is 3.56. The molecule has 0 radical (unpaired) electrons. The zero-order valence-electron chi connectivity index (χ0n) is 10.3. The lowest BCUT2D eigenvalue weighted by Crippen LogP contribution is -2.27. The Kier molecular flexibility index (Phi) is 3.66. The maximum atomic E-state index is 11.4. The summed E-state index contributed by atoms with van der Waals surface area (Å²) in [6.07, 6.45) is 3.31. The minimum absolute atomic E-state index is 0.0429. The Labute approximate surface area is 104 Å². The van der Waals surface area contributed by atoms with Crippen molar-refractivity contribution in [1.29, 1.82) is 0 Å². The molecule has 6 heteroatoms. The Morgan fingerprint density at radius 3 is 2.72 bits per heavy atom. The van der Waals surface area contributed by atoms with Crippen molar-refractivity contribution in [2.24, 2.45) is 5.92 Å². The Morgan fingerprint density at radius 1 is 1.33 bits per heavy atom. The molecule has 0 bridgehead atoms. The maximum absolute atomic E-state index is 11.4. The number of aromatic nitrogens is 3. The predicted molar refractivity (Wildman–Crippen MR) is 64.2 cm³/mol. The van der Waals surface area contributed by atoms with Crippen molar-refractivity contribution in [2.75, 3.05) is 0 Å². The van der Waals surface area contributed by atoms with Gasteiger partial charge in [0.1, 0.15) is 0 Å². The van der Waals surface area contributed by atoms with Crippen molar-refractivity contribution in [1.82, 2.24) is 20.5 Å². The molecule has 0 aliphatic carbocycles. The van der Waals surface area contributed by atoms with E-state index >= 15 is 0 Å². The second kappa shape index (κ2) is 5.39. The van der Waals surface area contributed by atoms with E-state index in [-0.39, 0.29) is 18.4 Å². The van der Waals surface area contributed by atoms with Crippen LogP contribution >= 0.6 is 0 Å². The molecule has 0 unspecified atom stereocenters. The summed E-state index contributed by atoms with van der Waals surface area (Å²) < 4.78 is 5.44. The van der Waals surface area contributed by atoms with E-state index in [9.17, 15) is 4.79 Å². The molecule has 2 aromatic heterocycles. The van der Waals surface area contributed by atoms with Crippen molar-refractivity contribution in [2.45, 2.75) is 20.4 Å². The van der Waals surface area contributed by atoms with Crippen molar-refractivity contribution in [3.05, 3.63) is 30.4 Å². The van der Waals surface area contributed by atoms with Gasteiger partial charge in [-0.05, 0) is 12.1 Å². The molecule has 0 saturated carbocycles. The first kappa shape index (κ1) is 12.2. The number of hydrogen-bond donors (Lipinski definition) is 1. The molecule has 2 rings (SSSR count). The Hall–Kier alpha value is -2.24. The zero-order chi connectivity index (χ0) is 13.0. The molecule has 18 heavy (non-hydrogen) atoms. The average Bonchev–Trinajstić information content (AvgIpc) is 2.85. The van der Waals surface area contributed by atoms with Gasteiger partial charge in [0.25, 0.3) is 0 Å². The highest BCUT2D eigenvalue weighted by molar-refractivity contribution is 5.77. The molecule has 0 aromatic carbocycles. The van der Waals surface area contributed by atoms with Gasteiger partial charge in [0.15, 0.2) is 0 Å². The van der Waals surface area contributed by atoms with Crippen LogP contribution in [0.3, 0.4) is 0 Å². The summed E-state index contributed by atoms with van der Waals surface area (Å²) in [6.45, 7) is 3.90. The van der Waals surface area contributed by atoms with Crippen LogP contribution in [0.4, 0.5) is 0 Å². The third-order valence-corrected chi connectivity index (χ3v) is 2.33. The number of carbonyl (C=O) groups is 1. The molecule has 0 spiro atoms. The summed E-state index contributed by atoms with van der Waals surface area (Å²) in [5.74, 6) is 0.702. The lowest BCUT2D eigenvalue weighted by atomic mass is 10.2. The number of hydrogen-bond acceptors (Lipinski definition) is 5. The summed E-state index contributed by atoms with van der Waals surface area (Å²) in [4.78, 5) is 15.3. The van der Waals surface area contributed by atoms with E-state index in [2.05, 4.69) is 20.5 Å². The highest BCUT2D eigenvalue weighted by Crippen LogP contribution is 2.15. The van der Waals surface area contributed by atoms with Crippen LogP contribution in [0, 0.1) is 5.92 Å². The third kappa shape index (κ3) is 2.91. The largest absolute Gasteiger partial charge is 0.419 e. The lowest BCUT2D eigenvalue weighted by Gasteiger charge is -2.04. The van der Waals surface area contributed by atoms with Crippen LogP contribution in [0.15, 0.2) is 28.9 Å². The number of rotatable bonds is 4. The highest BCUT2D eigenvalue weighted by atomic mass is 16.4. The van der Waals surface area contributed by atoms with E-state index < -0.39 is 0 Å². The molecule has 2 heterocycles. The number of amides is 1. The fourth-order valence-electron chi connectivity index (χ4n) is 1.30. The second-order valence-corrected chi connectivity index (χ2v) is 4.11. The molecule has 2 aromatic rings. The Balaban J connectivity index is 2.01. The van der Waals surface area contributed by atoms with Gasteiger partial charge in [-0.1, -0.05) is 13.8 Å². The predicted octanol–water partition coefficient (Wildman–Crippen LogP) is 1.40. The smallest absolute Gasteiger partial charge is 0.247 e. The number of nitrogens with zero attached hydrogens (tertiary/aromatic N) is 3. The topological polar surface area (TPSA) is 80.9 Å². The van der Waals surface area contributed by atoms with Gasteiger partial charge in [-0.2, -0.15) is 0 Å². The summed E-state index contributed by atoms with van der Waals surface area (Å²) in [5.41, 5.74) is 0.805. The molecule has 6 nitrogen and oxygen atoms in total. The molecule has 94 valence electrons. The summed E-state index contributed by atoms with van der Waals surface area (Å²) >= 11 is 0. The standard InChI is InChI=1S/C12H14N4O2/c1-8(2)11(17)14-7-10-15-16-12(18-10)9-3-5-13-6-4-9/h3-6,8H,7H2,1-2H3,(H,14,17). The van der Waals surface area contributed by atoms with Gasteiger partial charge in [-0.25, -0.2) is 0 Å². The molecular formula is C12H14N4O2. The molecule has 1 amide bonds. The maximum Gasteiger partial charge on any atom is 0.247 e. The zero-order valence-corrected chi connectivity index (χ0v) is 10.3. The van der Waals surface area contributed by atoms with E-state index in [1.165, 1.54) is 0 Å². The van der Waals surface area contributed by atoms with Crippen molar-refractivity contribution >= 4 is 5.91 Å². The van der Waals surface area contributed by atoms with E-state index in [1.54, 1.807) is 24.5 Å². The summed E-state index contributed by atoms with van der Waals surface area (Å²) in [7, 11) is 0. The van der Waals surface area contributed by atoms with Gasteiger partial charge >= 0.3 is 0 Å². The highest BCUT2D eigenvalue weighted by Gasteiger charge is 2.11. The van der Waals surface area contributed by atoms with Gasteiger partial charge in [-0.15, -0.1) is 10.2 Å². The van der Waals surface area contributed by atoms with Gasteiger partial charge < -0.3 is 9.73 Å². The van der Waals surface area contributed by atoms with Crippen LogP contribution in [-0.2, 0) is 11.3 Å². The number of nitrogens with one attached hydrogen (secondary N) is 1. The van der Waals surface area contributed by atoms with Crippen LogP contribution in [0.25, 0.3) is 11.5 Å². The SMILES string of the molecule is CC(C)C(=O)NCc1nnc(-c2ccncc2)o1. The molecular weight excluding hydrogens is 232 g/mol. The van der Waals surface area contributed by atoms with Crippen molar-refractivity contribution in [3.63, 3.8) is 0 Å². The van der Waals surface area contributed by atoms with Gasteiger partial charge in [0.05, 0.1) is 6.54 Å². The van der Waals surface area contributed by atoms with E-state index in [1.807, 2.05) is 13.8 Å². The monoisotopic (exact) mass is 246 g/mol. The fraction of sp³-hybridized carbons (Fsp3) is 0.333. The molecule has 0 aliphatic rings. The van der Waals surface area contributed by atoms with Gasteiger partial charge in [-0.3, -0.25) is 9.78 Å². The van der Waals surface area contributed by atoms with Gasteiger partial charge in [0, 0.05) is 23.9 Å². The minimum Gasteiger partial charge on any atom is -0.419 e. The van der Waals surface area contributed by atoms with Gasteiger partial charge in [0.2, 0.25) is 17.7 Å². The van der Waals surface area contributed by atoms with Crippen LogP contribution in [0.2, 0.25) is 0 Å². The normalized spacial score (nSPS) is 10.6. The summed E-state index contributed by atoms with van der Waals surface area (Å²) in [5, 5.41) is 10.5. The van der Waals surface area contributed by atoms with E-state index in [4.69, 9.17) is 4.42 Å². The lowest BCUT2D eigenvalue weighted by molar-refractivity contribution is -0.124. The average molecular weight is 246 g/mol. The molecule has 0 saturated heterocycles. The van der Waals surface area contributed by atoms with Crippen LogP contribution in [-0.4, -0.2) is 21.1 Å². The van der Waals surface area contributed by atoms with Crippen molar-refractivity contribution in [3.8, 4) is 11.5 Å². The minimum atomic E-state index is -0.0624. The van der Waals surface area contributed by atoms with E-state index in [0.29, 0.717) is 11.8 Å². The van der Waals surface area contributed by atoms with Crippen LogP contribution in [0.5, 0.6) is 0 Å². The molecule has 0 aliphatic heterocycles. The third-order valence-electron chi connectivity index (χ3n) is 2.33. The first-order valence-electron chi connectivity index (χ1n) is 5.67. The van der Waals surface area contributed by atoms with Crippen LogP contribution in [0.1, 0.15) is 19.7 Å². The first-order chi connectivity index (χ1) is 8.66. The van der Waals surface area contributed by atoms with Crippen molar-refractivity contribution < 1.29 is 9.21 Å². The van der Waals surface area contributed by atoms with E-state index in [0.717, 1.165) is 5.56 Å². The quantitative estimate of drug-likeness (QED) is 0.882. The number of pyridine rings is 1. The Morgan fingerprint density at radius 2 is 2.06 bits per heavy atom. The number of carbonyl (C=O) groups excluding carboxylic acids is 1. The molecule has 1 N–H and O–H groups in total. The second-order valence-electron chi connectivity index (χ2n) is 4.11. The molecule has 0 atom stereocenters. The first-order valence-corrected chi connectivity index (χ1v) is 5.67.